The molecule has 0 radical (unpaired) electrons. The molecule has 1 atom stereocenters. The maximum atomic E-state index is 11.9. The van der Waals surface area contributed by atoms with Crippen LogP contribution < -0.4 is 15.6 Å². The quantitative estimate of drug-likeness (QED) is 0.828. The summed E-state index contributed by atoms with van der Waals surface area (Å²) < 4.78 is 5.44. The molecule has 0 aliphatic rings. The van der Waals surface area contributed by atoms with Gasteiger partial charge in [0.15, 0.2) is 6.10 Å². The third-order valence-electron chi connectivity index (χ3n) is 2.81. The molecule has 8 heteroatoms. The molecule has 0 aliphatic carbocycles. The lowest BCUT2D eigenvalue weighted by Crippen LogP contribution is -2.47. The van der Waals surface area contributed by atoms with Crippen LogP contribution in [0.2, 0.25) is 10.0 Å². The van der Waals surface area contributed by atoms with Crippen LogP contribution in [0.4, 0.5) is 0 Å². The summed E-state index contributed by atoms with van der Waals surface area (Å²) in [7, 11) is 0. The molecule has 1 aromatic heterocycles. The van der Waals surface area contributed by atoms with Crippen LogP contribution in [0.15, 0.2) is 42.7 Å². The van der Waals surface area contributed by atoms with E-state index in [1.807, 2.05) is 0 Å². The summed E-state index contributed by atoms with van der Waals surface area (Å²) in [5.41, 5.74) is 4.94. The summed E-state index contributed by atoms with van der Waals surface area (Å²) in [5.74, 6) is -0.671. The van der Waals surface area contributed by atoms with Crippen LogP contribution >= 0.6 is 23.2 Å². The Morgan fingerprint density at radius 2 is 1.83 bits per heavy atom. The van der Waals surface area contributed by atoms with Crippen LogP contribution in [0.1, 0.15) is 17.3 Å². The summed E-state index contributed by atoms with van der Waals surface area (Å²) in [5, 5.41) is 0.752. The molecular weight excluding hydrogens is 341 g/mol. The average molecular weight is 354 g/mol. The van der Waals surface area contributed by atoms with Crippen molar-refractivity contribution in [3.05, 3.63) is 58.3 Å². The first-order valence-corrected chi connectivity index (χ1v) is 7.35. The van der Waals surface area contributed by atoms with Crippen LogP contribution in [-0.2, 0) is 4.79 Å². The molecule has 2 N–H and O–H groups in total. The molecule has 1 aromatic carbocycles. The van der Waals surface area contributed by atoms with E-state index in [0.29, 0.717) is 16.3 Å². The molecule has 0 bridgehead atoms. The van der Waals surface area contributed by atoms with Crippen molar-refractivity contribution in [3.8, 4) is 5.75 Å². The van der Waals surface area contributed by atoms with E-state index in [2.05, 4.69) is 15.8 Å². The van der Waals surface area contributed by atoms with Crippen molar-refractivity contribution in [2.24, 2.45) is 0 Å². The number of hydrazine groups is 1. The highest BCUT2D eigenvalue weighted by Gasteiger charge is 2.17. The highest BCUT2D eigenvalue weighted by molar-refractivity contribution is 6.35. The molecule has 2 amide bonds. The van der Waals surface area contributed by atoms with Crippen molar-refractivity contribution in [3.63, 3.8) is 0 Å². The van der Waals surface area contributed by atoms with Crippen molar-refractivity contribution in [2.75, 3.05) is 0 Å². The number of ether oxygens (including phenoxy) is 1. The van der Waals surface area contributed by atoms with Gasteiger partial charge in [-0.25, -0.2) is 0 Å². The van der Waals surface area contributed by atoms with Gasteiger partial charge in [-0.05, 0) is 37.3 Å². The summed E-state index contributed by atoms with van der Waals surface area (Å²) >= 11 is 11.8. The van der Waals surface area contributed by atoms with E-state index in [4.69, 9.17) is 27.9 Å². The smallest absolute Gasteiger partial charge is 0.279 e. The first kappa shape index (κ1) is 17.1. The van der Waals surface area contributed by atoms with Crippen molar-refractivity contribution in [1.29, 1.82) is 0 Å². The third kappa shape index (κ3) is 4.84. The topological polar surface area (TPSA) is 80.3 Å². The van der Waals surface area contributed by atoms with Gasteiger partial charge in [0.25, 0.3) is 11.8 Å². The average Bonchev–Trinajstić information content (AvgIpc) is 2.55. The molecule has 2 aromatic rings. The lowest BCUT2D eigenvalue weighted by molar-refractivity contribution is -0.128. The van der Waals surface area contributed by atoms with Crippen molar-refractivity contribution in [2.45, 2.75) is 13.0 Å². The van der Waals surface area contributed by atoms with Crippen LogP contribution in [0.5, 0.6) is 5.75 Å². The molecule has 0 unspecified atom stereocenters. The largest absolute Gasteiger partial charge is 0.479 e. The predicted molar refractivity (Wildman–Crippen MR) is 86.4 cm³/mol. The number of pyridine rings is 1. The second-order valence-electron chi connectivity index (χ2n) is 4.51. The van der Waals surface area contributed by atoms with Crippen LogP contribution in [0.25, 0.3) is 0 Å². The van der Waals surface area contributed by atoms with Crippen molar-refractivity contribution in [1.82, 2.24) is 15.8 Å². The molecule has 0 aliphatic heterocycles. The van der Waals surface area contributed by atoms with E-state index in [1.165, 1.54) is 37.5 Å². The molecule has 0 fully saturated rings. The van der Waals surface area contributed by atoms with E-state index >= 15 is 0 Å². The van der Waals surface area contributed by atoms with Gasteiger partial charge in [0.05, 0.1) is 5.02 Å². The second-order valence-corrected chi connectivity index (χ2v) is 5.36. The van der Waals surface area contributed by atoms with Gasteiger partial charge in [-0.15, -0.1) is 0 Å². The summed E-state index contributed by atoms with van der Waals surface area (Å²) in [4.78, 5) is 27.5. The maximum Gasteiger partial charge on any atom is 0.279 e. The van der Waals surface area contributed by atoms with Crippen LogP contribution in [0, 0.1) is 0 Å². The van der Waals surface area contributed by atoms with Crippen LogP contribution in [0.3, 0.4) is 0 Å². The Morgan fingerprint density at radius 3 is 2.48 bits per heavy atom. The second kappa shape index (κ2) is 7.80. The SMILES string of the molecule is C[C@H](Oc1ccc(Cl)cc1Cl)C(=O)NNC(=O)c1ccncc1. The number of nitrogens with one attached hydrogen (secondary N) is 2. The fraction of sp³-hybridized carbons (Fsp3) is 0.133. The molecule has 2 rings (SSSR count). The highest BCUT2D eigenvalue weighted by atomic mass is 35.5. The fourth-order valence-electron chi connectivity index (χ4n) is 1.61. The standard InChI is InChI=1S/C15H13Cl2N3O3/c1-9(23-13-3-2-11(16)8-12(13)17)14(21)19-20-15(22)10-4-6-18-7-5-10/h2-9H,1H3,(H,19,21)(H,20,22)/t9-/m0/s1. The zero-order valence-corrected chi connectivity index (χ0v) is 13.6. The summed E-state index contributed by atoms with van der Waals surface area (Å²) in [6.45, 7) is 1.53. The van der Waals surface area contributed by atoms with Gasteiger partial charge in [0.2, 0.25) is 0 Å². The van der Waals surface area contributed by atoms with E-state index < -0.39 is 17.9 Å². The number of nitrogens with zero attached hydrogens (tertiary/aromatic N) is 1. The lowest BCUT2D eigenvalue weighted by Gasteiger charge is -2.16. The van der Waals surface area contributed by atoms with Gasteiger partial charge < -0.3 is 4.74 Å². The van der Waals surface area contributed by atoms with E-state index in [0.717, 1.165) is 0 Å². The Hall–Kier alpha value is -2.31. The molecule has 1 heterocycles. The molecule has 120 valence electrons. The number of carbonyl (C=O) groups excluding carboxylic acids is 2. The van der Waals surface area contributed by atoms with Gasteiger partial charge in [-0.3, -0.25) is 25.4 Å². The minimum Gasteiger partial charge on any atom is -0.479 e. The number of benzene rings is 1. The maximum absolute atomic E-state index is 11.9. The first-order valence-electron chi connectivity index (χ1n) is 6.59. The molecule has 0 spiro atoms. The lowest BCUT2D eigenvalue weighted by atomic mass is 10.2. The number of hydrogen-bond donors (Lipinski definition) is 2. The molecule has 23 heavy (non-hydrogen) atoms. The number of rotatable bonds is 4. The zero-order chi connectivity index (χ0) is 16.8. The van der Waals surface area contributed by atoms with Gasteiger partial charge >= 0.3 is 0 Å². The Labute approximate surface area is 142 Å². The minimum atomic E-state index is -0.869. The van der Waals surface area contributed by atoms with Crippen molar-refractivity contribution >= 4 is 35.0 Å². The Morgan fingerprint density at radius 1 is 1.13 bits per heavy atom. The Balaban J connectivity index is 1.89. The van der Waals surface area contributed by atoms with E-state index in [-0.39, 0.29) is 5.02 Å². The van der Waals surface area contributed by atoms with Gasteiger partial charge in [-0.1, -0.05) is 23.2 Å². The zero-order valence-electron chi connectivity index (χ0n) is 12.0. The van der Waals surface area contributed by atoms with Crippen molar-refractivity contribution < 1.29 is 14.3 Å². The summed E-state index contributed by atoms with van der Waals surface area (Å²) in [6, 6.07) is 7.71. The third-order valence-corrected chi connectivity index (χ3v) is 3.34. The van der Waals surface area contributed by atoms with Gasteiger partial charge in [-0.2, -0.15) is 0 Å². The Kier molecular flexibility index (Phi) is 5.78. The predicted octanol–water partition coefficient (Wildman–Crippen LogP) is 2.62. The number of carbonyl (C=O) groups is 2. The van der Waals surface area contributed by atoms with Gasteiger partial charge in [0, 0.05) is 23.0 Å². The summed E-state index contributed by atoms with van der Waals surface area (Å²) in [6.07, 6.45) is 2.09. The normalized spacial score (nSPS) is 11.4. The van der Waals surface area contributed by atoms with E-state index in [1.54, 1.807) is 12.1 Å². The Bertz CT molecular complexity index is 710. The molecule has 6 nitrogen and oxygen atoms in total. The number of hydrogen-bond acceptors (Lipinski definition) is 4. The highest BCUT2D eigenvalue weighted by Crippen LogP contribution is 2.28. The molecule has 0 saturated carbocycles. The molecule has 0 saturated heterocycles. The number of amides is 2. The number of aromatic nitrogens is 1. The fourth-order valence-corrected chi connectivity index (χ4v) is 2.06. The first-order chi connectivity index (χ1) is 11.0. The van der Waals surface area contributed by atoms with Gasteiger partial charge in [0.1, 0.15) is 5.75 Å². The van der Waals surface area contributed by atoms with Crippen LogP contribution in [-0.4, -0.2) is 22.9 Å². The number of halogens is 2. The monoisotopic (exact) mass is 353 g/mol. The minimum absolute atomic E-state index is 0.290. The molecular formula is C15H13Cl2N3O3. The van der Waals surface area contributed by atoms with E-state index in [9.17, 15) is 9.59 Å².